The van der Waals surface area contributed by atoms with Crippen LogP contribution in [0.4, 0.5) is 4.39 Å². The lowest BCUT2D eigenvalue weighted by atomic mass is 9.88. The fourth-order valence-corrected chi connectivity index (χ4v) is 2.37. The molecule has 1 unspecified atom stereocenters. The average molecular weight is 313 g/mol. The third kappa shape index (κ3) is 4.29. The van der Waals surface area contributed by atoms with Gasteiger partial charge in [0.2, 0.25) is 5.91 Å². The molecule has 1 aliphatic rings. The molecular formula is C16H22ClFN2O. The van der Waals surface area contributed by atoms with Crippen LogP contribution in [0.3, 0.4) is 0 Å². The first-order valence-corrected chi connectivity index (χ1v) is 6.97. The summed E-state index contributed by atoms with van der Waals surface area (Å²) in [6.07, 6.45) is 1.69. The molecule has 0 aliphatic carbocycles. The molecule has 1 heterocycles. The summed E-state index contributed by atoms with van der Waals surface area (Å²) in [7, 11) is 0. The number of hydrogen-bond acceptors (Lipinski definition) is 2. The molecule has 0 saturated carbocycles. The van der Waals surface area contributed by atoms with Gasteiger partial charge in [0.05, 0.1) is 0 Å². The molecule has 0 aromatic heterocycles. The van der Waals surface area contributed by atoms with Gasteiger partial charge in [-0.05, 0) is 25.1 Å². The zero-order chi connectivity index (χ0) is 14.5. The van der Waals surface area contributed by atoms with Gasteiger partial charge < -0.3 is 10.2 Å². The van der Waals surface area contributed by atoms with Crippen LogP contribution < -0.4 is 5.32 Å². The van der Waals surface area contributed by atoms with E-state index in [4.69, 9.17) is 0 Å². The molecule has 0 bridgehead atoms. The van der Waals surface area contributed by atoms with E-state index in [9.17, 15) is 9.18 Å². The predicted molar refractivity (Wildman–Crippen MR) is 84.8 cm³/mol. The number of halogens is 2. The smallest absolute Gasteiger partial charge is 0.226 e. The molecule has 1 aliphatic heterocycles. The first-order valence-electron chi connectivity index (χ1n) is 6.97. The monoisotopic (exact) mass is 312 g/mol. The molecule has 2 rings (SSSR count). The lowest BCUT2D eigenvalue weighted by Gasteiger charge is -2.35. The van der Waals surface area contributed by atoms with Crippen molar-refractivity contribution in [3.05, 3.63) is 48.3 Å². The van der Waals surface area contributed by atoms with E-state index in [2.05, 4.69) is 11.9 Å². The first kappa shape index (κ1) is 17.7. The molecule has 1 saturated heterocycles. The highest BCUT2D eigenvalue weighted by Gasteiger charge is 2.31. The largest absolute Gasteiger partial charge is 0.334 e. The van der Waals surface area contributed by atoms with Crippen LogP contribution in [0.25, 0.3) is 0 Å². The van der Waals surface area contributed by atoms with E-state index >= 15 is 0 Å². The fraction of sp³-hybridized carbons (Fsp3) is 0.438. The summed E-state index contributed by atoms with van der Waals surface area (Å²) in [5.74, 6) is 0.144. The van der Waals surface area contributed by atoms with Gasteiger partial charge in [-0.25, -0.2) is 4.39 Å². The number of carbonyl (C=O) groups excluding carboxylic acids is 1. The Hall–Kier alpha value is -1.39. The molecule has 0 radical (unpaired) electrons. The highest BCUT2D eigenvalue weighted by atomic mass is 35.5. The van der Waals surface area contributed by atoms with Crippen LogP contribution in [0, 0.1) is 17.7 Å². The van der Waals surface area contributed by atoms with Gasteiger partial charge in [0.25, 0.3) is 0 Å². The van der Waals surface area contributed by atoms with Crippen LogP contribution in [-0.4, -0.2) is 30.4 Å². The van der Waals surface area contributed by atoms with Crippen molar-refractivity contribution < 1.29 is 9.18 Å². The molecular weight excluding hydrogens is 291 g/mol. The zero-order valence-electron chi connectivity index (χ0n) is 12.2. The minimum absolute atomic E-state index is 0. The number of nitrogens with one attached hydrogen (secondary N) is 1. The van der Waals surface area contributed by atoms with Crippen molar-refractivity contribution >= 4 is 18.3 Å². The summed E-state index contributed by atoms with van der Waals surface area (Å²) < 4.78 is 13.7. The molecule has 21 heavy (non-hydrogen) atoms. The number of carbonyl (C=O) groups is 1. The van der Waals surface area contributed by atoms with Gasteiger partial charge in [-0.15, -0.1) is 19.0 Å². The van der Waals surface area contributed by atoms with Gasteiger partial charge in [-0.3, -0.25) is 4.79 Å². The number of nitrogens with zero attached hydrogens (tertiary/aromatic N) is 1. The highest BCUT2D eigenvalue weighted by Crippen LogP contribution is 2.20. The normalized spacial score (nSPS) is 15.5. The summed E-state index contributed by atoms with van der Waals surface area (Å²) in [6.45, 7) is 8.14. The van der Waals surface area contributed by atoms with Gasteiger partial charge in [-0.1, -0.05) is 31.2 Å². The van der Waals surface area contributed by atoms with Crippen molar-refractivity contribution in [3.8, 4) is 0 Å². The number of benzene rings is 1. The number of rotatable bonds is 6. The molecule has 1 aromatic carbocycles. The second kappa shape index (κ2) is 8.15. The Morgan fingerprint density at radius 1 is 1.52 bits per heavy atom. The summed E-state index contributed by atoms with van der Waals surface area (Å²) in [5, 5.41) is 3.18. The minimum atomic E-state index is -0.271. The minimum Gasteiger partial charge on any atom is -0.334 e. The second-order valence-corrected chi connectivity index (χ2v) is 5.31. The van der Waals surface area contributed by atoms with E-state index in [-0.39, 0.29) is 30.0 Å². The van der Waals surface area contributed by atoms with Crippen LogP contribution in [-0.2, 0) is 11.3 Å². The maximum atomic E-state index is 13.7. The van der Waals surface area contributed by atoms with Crippen molar-refractivity contribution in [3.63, 3.8) is 0 Å². The predicted octanol–water partition coefficient (Wildman–Crippen LogP) is 2.62. The van der Waals surface area contributed by atoms with Crippen molar-refractivity contribution in [1.82, 2.24) is 10.2 Å². The standard InChI is InChI=1S/C16H21FN2O.ClH/c1-3-8-19(11-13-6-4-5-7-15(13)17)16(20)12(2)14-9-18-10-14;/h3-7,12,14,18H,1,8-11H2,2H3;1H. The van der Waals surface area contributed by atoms with E-state index in [1.807, 2.05) is 6.92 Å². The topological polar surface area (TPSA) is 32.3 Å². The van der Waals surface area contributed by atoms with Gasteiger partial charge in [-0.2, -0.15) is 0 Å². The lowest BCUT2D eigenvalue weighted by Crippen LogP contribution is -2.50. The summed E-state index contributed by atoms with van der Waals surface area (Å²) in [4.78, 5) is 14.2. The lowest BCUT2D eigenvalue weighted by molar-refractivity contribution is -0.137. The molecule has 3 nitrogen and oxygen atoms in total. The zero-order valence-corrected chi connectivity index (χ0v) is 13.0. The summed E-state index contributed by atoms with van der Waals surface area (Å²) in [6, 6.07) is 6.58. The fourth-order valence-electron chi connectivity index (χ4n) is 2.37. The quantitative estimate of drug-likeness (QED) is 0.819. The third-order valence-corrected chi connectivity index (χ3v) is 3.89. The molecule has 1 aromatic rings. The van der Waals surface area contributed by atoms with Gasteiger partial charge >= 0.3 is 0 Å². The Morgan fingerprint density at radius 2 is 2.19 bits per heavy atom. The second-order valence-electron chi connectivity index (χ2n) is 5.31. The van der Waals surface area contributed by atoms with Gasteiger partial charge in [0.15, 0.2) is 0 Å². The Balaban J connectivity index is 0.00000220. The van der Waals surface area contributed by atoms with E-state index in [0.29, 0.717) is 24.6 Å². The van der Waals surface area contributed by atoms with Crippen LogP contribution >= 0.6 is 12.4 Å². The Kier molecular flexibility index (Phi) is 6.85. The highest BCUT2D eigenvalue weighted by molar-refractivity contribution is 5.85. The molecule has 0 spiro atoms. The summed E-state index contributed by atoms with van der Waals surface area (Å²) >= 11 is 0. The van der Waals surface area contributed by atoms with Gasteiger partial charge in [0.1, 0.15) is 5.82 Å². The van der Waals surface area contributed by atoms with Gasteiger partial charge in [0, 0.05) is 24.6 Å². The average Bonchev–Trinajstić information content (AvgIpc) is 2.37. The van der Waals surface area contributed by atoms with E-state index in [1.54, 1.807) is 29.2 Å². The van der Waals surface area contributed by atoms with Crippen molar-refractivity contribution in [2.24, 2.45) is 11.8 Å². The molecule has 1 atom stereocenters. The summed E-state index contributed by atoms with van der Waals surface area (Å²) in [5.41, 5.74) is 0.543. The number of hydrogen-bond donors (Lipinski definition) is 1. The van der Waals surface area contributed by atoms with Crippen LogP contribution in [0.1, 0.15) is 12.5 Å². The SMILES string of the molecule is C=CCN(Cc1ccccc1F)C(=O)C(C)C1CNC1.Cl. The van der Waals surface area contributed by atoms with Crippen molar-refractivity contribution in [2.75, 3.05) is 19.6 Å². The van der Waals surface area contributed by atoms with E-state index in [1.165, 1.54) is 6.07 Å². The number of amides is 1. The van der Waals surface area contributed by atoms with Crippen LogP contribution in [0.15, 0.2) is 36.9 Å². The van der Waals surface area contributed by atoms with Crippen LogP contribution in [0.5, 0.6) is 0 Å². The molecule has 116 valence electrons. The Morgan fingerprint density at radius 3 is 2.71 bits per heavy atom. The maximum absolute atomic E-state index is 13.7. The Labute approximate surface area is 131 Å². The third-order valence-electron chi connectivity index (χ3n) is 3.89. The van der Waals surface area contributed by atoms with Crippen LogP contribution in [0.2, 0.25) is 0 Å². The maximum Gasteiger partial charge on any atom is 0.226 e. The molecule has 1 N–H and O–H groups in total. The molecule has 1 amide bonds. The van der Waals surface area contributed by atoms with E-state index in [0.717, 1.165) is 13.1 Å². The molecule has 1 fully saturated rings. The Bertz CT molecular complexity index is 491. The first-order chi connectivity index (χ1) is 9.63. The van der Waals surface area contributed by atoms with E-state index < -0.39 is 0 Å². The molecule has 5 heteroatoms. The van der Waals surface area contributed by atoms with Crippen molar-refractivity contribution in [1.29, 1.82) is 0 Å². The van der Waals surface area contributed by atoms with Crippen molar-refractivity contribution in [2.45, 2.75) is 13.5 Å².